The van der Waals surface area contributed by atoms with Gasteiger partial charge >= 0.3 is 55.8 Å². The van der Waals surface area contributed by atoms with Crippen molar-refractivity contribution in [3.8, 4) is 0 Å². The summed E-state index contributed by atoms with van der Waals surface area (Å²) in [5, 5.41) is 19.8. The molecule has 2 radical (unpaired) electrons. The van der Waals surface area contributed by atoms with E-state index < -0.39 is 11.9 Å². The molecule has 210 valence electrons. The van der Waals surface area contributed by atoms with Gasteiger partial charge < -0.3 is 10.2 Å². The minimum atomic E-state index is -0.948. The van der Waals surface area contributed by atoms with Crippen LogP contribution in [0.5, 0.6) is 0 Å². The molecule has 0 spiro atoms. The van der Waals surface area contributed by atoms with E-state index in [1.54, 1.807) is 84.9 Å². The first kappa shape index (κ1) is 33.9. The molecule has 4 nitrogen and oxygen atoms in total. The van der Waals surface area contributed by atoms with Gasteiger partial charge in [0.25, 0.3) is 0 Å². The molecule has 0 bridgehead atoms. The summed E-state index contributed by atoms with van der Waals surface area (Å²) in [5.74, 6) is -1.90. The molecule has 0 aliphatic heterocycles. The van der Waals surface area contributed by atoms with Crippen molar-refractivity contribution in [2.24, 2.45) is 0 Å². The zero-order valence-corrected chi connectivity index (χ0v) is 27.3. The Bertz CT molecular complexity index is 1310. The van der Waals surface area contributed by atoms with Crippen LogP contribution in [-0.2, 0) is 9.59 Å². The van der Waals surface area contributed by atoms with E-state index in [0.717, 1.165) is 11.1 Å². The second kappa shape index (κ2) is 18.9. The molecule has 0 amide bonds. The summed E-state index contributed by atoms with van der Waals surface area (Å²) in [5.41, 5.74) is 3.50. The van der Waals surface area contributed by atoms with E-state index in [-0.39, 0.29) is 32.3 Å². The van der Waals surface area contributed by atoms with Crippen LogP contribution in [0.1, 0.15) is 36.1 Å². The van der Waals surface area contributed by atoms with Gasteiger partial charge in [-0.05, 0) is 58.7 Å². The van der Waals surface area contributed by atoms with E-state index in [1.165, 1.54) is 8.87 Å². The molecule has 7 heteroatoms. The first-order valence-corrected chi connectivity index (χ1v) is 17.8. The molecule has 2 N–H and O–H groups in total. The molecule has 4 rings (SSSR count). The average Bonchev–Trinajstić information content (AvgIpc) is 2.98. The zero-order valence-electron chi connectivity index (χ0n) is 22.9. The van der Waals surface area contributed by atoms with Crippen LogP contribution in [0.3, 0.4) is 0 Å². The van der Waals surface area contributed by atoms with Crippen LogP contribution in [0, 0.1) is 0 Å². The Labute approximate surface area is 262 Å². The van der Waals surface area contributed by atoms with Crippen molar-refractivity contribution in [2.45, 2.75) is 22.7 Å². The molecular formula is C34H32Cl2O4Sn. The van der Waals surface area contributed by atoms with Gasteiger partial charge in [0.2, 0.25) is 0 Å². The normalized spacial score (nSPS) is 10.9. The van der Waals surface area contributed by atoms with E-state index in [2.05, 4.69) is 13.8 Å². The Morgan fingerprint density at radius 2 is 0.902 bits per heavy atom. The second-order valence-corrected chi connectivity index (χ2v) is 14.9. The summed E-state index contributed by atoms with van der Waals surface area (Å²) in [6.07, 6.45) is 3.27. The maximum absolute atomic E-state index is 11.3. The first-order chi connectivity index (χ1) is 19.7. The van der Waals surface area contributed by atoms with Crippen molar-refractivity contribution < 1.29 is 19.8 Å². The Morgan fingerprint density at radius 3 is 1.15 bits per heavy atom. The number of carbonyl (C=O) groups is 2. The standard InChI is InChI=1S/2C15H11ClO2.2C2H5.Sn/c2*16-13-8-6-11(7-9-13)10-14(15(17)18)12-4-2-1-3-5-12;2*1-2;/h2*1-10H,(H,17,18);2*1H2,2H3;/b2*14-10+;;;. The molecule has 0 heterocycles. The summed E-state index contributed by atoms with van der Waals surface area (Å²) in [4.78, 5) is 22.6. The van der Waals surface area contributed by atoms with Gasteiger partial charge in [0.1, 0.15) is 0 Å². The van der Waals surface area contributed by atoms with Crippen molar-refractivity contribution in [3.05, 3.63) is 141 Å². The quantitative estimate of drug-likeness (QED) is 0.110. The van der Waals surface area contributed by atoms with E-state index in [0.29, 0.717) is 21.2 Å². The molecule has 0 aliphatic carbocycles. The topological polar surface area (TPSA) is 74.6 Å². The molecule has 0 fully saturated rings. The smallest absolute Gasteiger partial charge is 0.336 e. The molecule has 0 saturated carbocycles. The first-order valence-electron chi connectivity index (χ1n) is 13.0. The molecule has 0 aromatic heterocycles. The van der Waals surface area contributed by atoms with Gasteiger partial charge in [0.05, 0.1) is 11.1 Å². The third kappa shape index (κ3) is 12.8. The average molecular weight is 694 g/mol. The van der Waals surface area contributed by atoms with Gasteiger partial charge in [0, 0.05) is 10.0 Å². The monoisotopic (exact) mass is 694 g/mol. The van der Waals surface area contributed by atoms with E-state index in [1.807, 2.05) is 36.4 Å². The predicted molar refractivity (Wildman–Crippen MR) is 174 cm³/mol. The van der Waals surface area contributed by atoms with Crippen LogP contribution >= 0.6 is 23.2 Å². The molecule has 0 atom stereocenters. The summed E-state index contributed by atoms with van der Waals surface area (Å²) in [6, 6.07) is 32.1. The summed E-state index contributed by atoms with van der Waals surface area (Å²) < 4.78 is 3.03. The molecule has 0 aliphatic rings. The number of carboxylic acids is 2. The fourth-order valence-electron chi connectivity index (χ4n) is 3.47. The number of rotatable bonds is 8. The minimum absolute atomic E-state index is 0.218. The third-order valence-electron chi connectivity index (χ3n) is 5.49. The van der Waals surface area contributed by atoms with Crippen LogP contribution in [0.15, 0.2) is 109 Å². The second-order valence-electron chi connectivity index (χ2n) is 8.52. The van der Waals surface area contributed by atoms with Crippen molar-refractivity contribution in [2.75, 3.05) is 0 Å². The van der Waals surface area contributed by atoms with Crippen molar-refractivity contribution in [1.82, 2.24) is 0 Å². The van der Waals surface area contributed by atoms with Gasteiger partial charge in [-0.15, -0.1) is 0 Å². The summed E-state index contributed by atoms with van der Waals surface area (Å²) >= 11 is 11.8. The minimum Gasteiger partial charge on any atom is -0.478 e. The van der Waals surface area contributed by atoms with Crippen molar-refractivity contribution in [3.63, 3.8) is 0 Å². The predicted octanol–water partition coefficient (Wildman–Crippen LogP) is 9.50. The maximum Gasteiger partial charge on any atom is 0.336 e. The fraction of sp³-hybridized carbons (Fsp3) is 0.118. The third-order valence-corrected chi connectivity index (χ3v) is 8.85. The van der Waals surface area contributed by atoms with Gasteiger partial charge in [0.15, 0.2) is 0 Å². The largest absolute Gasteiger partial charge is 0.478 e. The molecule has 0 saturated heterocycles. The van der Waals surface area contributed by atoms with Gasteiger partial charge in [-0.1, -0.05) is 108 Å². The Kier molecular flexibility index (Phi) is 15.6. The molecule has 41 heavy (non-hydrogen) atoms. The summed E-state index contributed by atoms with van der Waals surface area (Å²) in [6.45, 7) is 4.57. The number of carboxylic acid groups (broad SMARTS) is 2. The van der Waals surface area contributed by atoms with Gasteiger partial charge in [-0.25, -0.2) is 9.59 Å². The van der Waals surface area contributed by atoms with Gasteiger partial charge in [-0.2, -0.15) is 0 Å². The summed E-state index contributed by atoms with van der Waals surface area (Å²) in [7, 11) is 0. The number of hydrogen-bond donors (Lipinski definition) is 2. The van der Waals surface area contributed by atoms with E-state index in [9.17, 15) is 19.8 Å². The zero-order chi connectivity index (χ0) is 30.0. The Hall–Kier alpha value is -3.32. The van der Waals surface area contributed by atoms with Crippen molar-refractivity contribution >= 4 is 79.6 Å². The van der Waals surface area contributed by atoms with Crippen LogP contribution in [0.2, 0.25) is 18.9 Å². The number of benzene rings is 4. The molecule has 0 unspecified atom stereocenters. The van der Waals surface area contributed by atoms with Crippen LogP contribution < -0.4 is 0 Å². The van der Waals surface area contributed by atoms with E-state index in [4.69, 9.17) is 23.2 Å². The van der Waals surface area contributed by atoms with Gasteiger partial charge in [-0.3, -0.25) is 0 Å². The number of halogens is 2. The maximum atomic E-state index is 11.3. The SMILES string of the molecule is C[CH2][Sn][CH2]C.O=C(O)/C(=C/c1ccc(Cl)cc1)c1ccccc1.O=C(O)/C(=C/c1ccc(Cl)cc1)c1ccccc1. The van der Waals surface area contributed by atoms with E-state index >= 15 is 0 Å². The molecular weight excluding hydrogens is 662 g/mol. The molecule has 4 aromatic carbocycles. The van der Waals surface area contributed by atoms with Crippen LogP contribution in [0.25, 0.3) is 23.3 Å². The van der Waals surface area contributed by atoms with Crippen LogP contribution in [0.4, 0.5) is 0 Å². The number of hydrogen-bond acceptors (Lipinski definition) is 2. The van der Waals surface area contributed by atoms with Crippen LogP contribution in [-0.4, -0.2) is 43.3 Å². The van der Waals surface area contributed by atoms with Crippen molar-refractivity contribution in [1.29, 1.82) is 0 Å². The number of aliphatic carboxylic acids is 2. The Balaban J connectivity index is 0.000000247. The molecule has 4 aromatic rings. The Morgan fingerprint density at radius 1 is 0.585 bits per heavy atom. The fourth-order valence-corrected chi connectivity index (χ4v) is 5.15.